The van der Waals surface area contributed by atoms with Crippen LogP contribution < -0.4 is 11.3 Å². The first-order valence-corrected chi connectivity index (χ1v) is 6.66. The van der Waals surface area contributed by atoms with Gasteiger partial charge < -0.3 is 0 Å². The lowest BCUT2D eigenvalue weighted by Gasteiger charge is -2.15. The molecule has 2 rings (SSSR count). The minimum absolute atomic E-state index is 0.179. The fourth-order valence-corrected chi connectivity index (χ4v) is 2.39. The van der Waals surface area contributed by atoms with E-state index in [1.165, 1.54) is 5.56 Å². The lowest BCUT2D eigenvalue weighted by molar-refractivity contribution is 0.513. The third-order valence-electron chi connectivity index (χ3n) is 2.88. The Balaban J connectivity index is 2.04. The Morgan fingerprint density at radius 3 is 2.72 bits per heavy atom. The lowest BCUT2D eigenvalue weighted by atomic mass is 10.0. The van der Waals surface area contributed by atoms with Gasteiger partial charge in [0.1, 0.15) is 0 Å². The van der Waals surface area contributed by atoms with Gasteiger partial charge in [-0.2, -0.15) is 5.10 Å². The monoisotopic (exact) mass is 308 g/mol. The van der Waals surface area contributed by atoms with Gasteiger partial charge in [-0.15, -0.1) is 0 Å². The van der Waals surface area contributed by atoms with Crippen molar-refractivity contribution in [2.75, 3.05) is 0 Å². The van der Waals surface area contributed by atoms with E-state index >= 15 is 0 Å². The number of halogens is 1. The third kappa shape index (κ3) is 3.41. The first kappa shape index (κ1) is 13.3. The number of nitrogens with two attached hydrogens (primary N) is 1. The molecular weight excluding hydrogens is 292 g/mol. The Labute approximate surface area is 115 Å². The van der Waals surface area contributed by atoms with Crippen molar-refractivity contribution in [2.24, 2.45) is 12.9 Å². The molecule has 4 nitrogen and oxygen atoms in total. The number of nitrogens with zero attached hydrogens (tertiary/aromatic N) is 2. The zero-order valence-corrected chi connectivity index (χ0v) is 11.9. The summed E-state index contributed by atoms with van der Waals surface area (Å²) >= 11 is 3.56. The fourth-order valence-electron chi connectivity index (χ4n) is 1.94. The topological polar surface area (TPSA) is 55.9 Å². The van der Waals surface area contributed by atoms with Crippen molar-refractivity contribution < 1.29 is 0 Å². The van der Waals surface area contributed by atoms with Crippen molar-refractivity contribution in [1.29, 1.82) is 0 Å². The zero-order chi connectivity index (χ0) is 13.0. The molecule has 0 saturated heterocycles. The second-order valence-corrected chi connectivity index (χ2v) is 5.20. The van der Waals surface area contributed by atoms with E-state index in [-0.39, 0.29) is 6.04 Å². The molecule has 0 radical (unpaired) electrons. The van der Waals surface area contributed by atoms with Gasteiger partial charge in [-0.1, -0.05) is 34.1 Å². The molecule has 3 N–H and O–H groups in total. The number of nitrogens with one attached hydrogen (secondary N) is 1. The van der Waals surface area contributed by atoms with E-state index in [1.54, 1.807) is 4.68 Å². The molecule has 1 aromatic carbocycles. The standard InChI is InChI=1S/C13H17BrN4/c1-18-7-6-11(17-18)9-12(16-15)8-10-4-2-3-5-13(10)14/h2-7,12,16H,8-9,15H2,1H3. The molecule has 0 fully saturated rings. The normalized spacial score (nSPS) is 12.6. The molecule has 1 atom stereocenters. The van der Waals surface area contributed by atoms with Crippen molar-refractivity contribution in [2.45, 2.75) is 18.9 Å². The molecule has 1 heterocycles. The first-order valence-electron chi connectivity index (χ1n) is 5.87. The van der Waals surface area contributed by atoms with E-state index in [2.05, 4.69) is 32.5 Å². The molecular formula is C13H17BrN4. The van der Waals surface area contributed by atoms with Gasteiger partial charge >= 0.3 is 0 Å². The van der Waals surface area contributed by atoms with E-state index in [0.29, 0.717) is 0 Å². The zero-order valence-electron chi connectivity index (χ0n) is 10.3. The number of hydrogen-bond acceptors (Lipinski definition) is 3. The minimum Gasteiger partial charge on any atom is -0.276 e. The van der Waals surface area contributed by atoms with Crippen LogP contribution in [0.5, 0.6) is 0 Å². The van der Waals surface area contributed by atoms with Crippen LogP contribution in [0.4, 0.5) is 0 Å². The summed E-state index contributed by atoms with van der Waals surface area (Å²) < 4.78 is 2.92. The summed E-state index contributed by atoms with van der Waals surface area (Å²) in [7, 11) is 1.92. The van der Waals surface area contributed by atoms with Crippen LogP contribution in [0.3, 0.4) is 0 Å². The van der Waals surface area contributed by atoms with Crippen molar-refractivity contribution >= 4 is 15.9 Å². The maximum absolute atomic E-state index is 5.63. The summed E-state index contributed by atoms with van der Waals surface area (Å²) in [6.45, 7) is 0. The summed E-state index contributed by atoms with van der Waals surface area (Å²) in [6, 6.07) is 10.4. The number of hydrazine groups is 1. The SMILES string of the molecule is Cn1ccc(CC(Cc2ccccc2Br)NN)n1. The van der Waals surface area contributed by atoms with E-state index in [4.69, 9.17) is 5.84 Å². The second kappa shape index (κ2) is 6.13. The van der Waals surface area contributed by atoms with E-state index < -0.39 is 0 Å². The minimum atomic E-state index is 0.179. The highest BCUT2D eigenvalue weighted by Gasteiger charge is 2.12. The predicted molar refractivity (Wildman–Crippen MR) is 75.9 cm³/mol. The average Bonchev–Trinajstić information content (AvgIpc) is 2.76. The van der Waals surface area contributed by atoms with Crippen LogP contribution in [0.2, 0.25) is 0 Å². The molecule has 2 aromatic rings. The number of aryl methyl sites for hydroxylation is 1. The smallest absolute Gasteiger partial charge is 0.0640 e. The van der Waals surface area contributed by atoms with Gasteiger partial charge in [-0.25, -0.2) is 0 Å². The van der Waals surface area contributed by atoms with Crippen LogP contribution in [0, 0.1) is 0 Å². The molecule has 1 unspecified atom stereocenters. The van der Waals surface area contributed by atoms with Gasteiger partial charge in [-0.05, 0) is 24.1 Å². The number of aromatic nitrogens is 2. The van der Waals surface area contributed by atoms with Crippen LogP contribution >= 0.6 is 15.9 Å². The Hall–Kier alpha value is -1.17. The molecule has 0 spiro atoms. The summed E-state index contributed by atoms with van der Waals surface area (Å²) in [5.41, 5.74) is 5.16. The Kier molecular flexibility index (Phi) is 4.52. The summed E-state index contributed by atoms with van der Waals surface area (Å²) in [5.74, 6) is 5.63. The maximum Gasteiger partial charge on any atom is 0.0640 e. The first-order chi connectivity index (χ1) is 8.69. The van der Waals surface area contributed by atoms with Gasteiger partial charge in [0.05, 0.1) is 5.69 Å². The van der Waals surface area contributed by atoms with E-state index in [0.717, 1.165) is 23.0 Å². The van der Waals surface area contributed by atoms with Crippen molar-refractivity contribution in [3.8, 4) is 0 Å². The quantitative estimate of drug-likeness (QED) is 0.654. The molecule has 5 heteroatoms. The van der Waals surface area contributed by atoms with Gasteiger partial charge in [-0.3, -0.25) is 16.0 Å². The van der Waals surface area contributed by atoms with Gasteiger partial charge in [0.15, 0.2) is 0 Å². The Morgan fingerprint density at radius 1 is 1.33 bits per heavy atom. The van der Waals surface area contributed by atoms with Gasteiger partial charge in [0, 0.05) is 30.2 Å². The van der Waals surface area contributed by atoms with E-state index in [9.17, 15) is 0 Å². The second-order valence-electron chi connectivity index (χ2n) is 4.34. The number of rotatable bonds is 5. The molecule has 0 aliphatic rings. The number of benzene rings is 1. The highest BCUT2D eigenvalue weighted by Crippen LogP contribution is 2.18. The molecule has 0 saturated carbocycles. The maximum atomic E-state index is 5.63. The Morgan fingerprint density at radius 2 is 2.11 bits per heavy atom. The average molecular weight is 309 g/mol. The summed E-state index contributed by atoms with van der Waals surface area (Å²) in [5, 5.41) is 4.37. The molecule has 0 amide bonds. The highest BCUT2D eigenvalue weighted by atomic mass is 79.9. The van der Waals surface area contributed by atoms with Crippen LogP contribution in [-0.2, 0) is 19.9 Å². The van der Waals surface area contributed by atoms with Crippen molar-refractivity contribution in [3.63, 3.8) is 0 Å². The van der Waals surface area contributed by atoms with Crippen LogP contribution in [0.1, 0.15) is 11.3 Å². The number of hydrogen-bond donors (Lipinski definition) is 2. The predicted octanol–water partition coefficient (Wildman–Crippen LogP) is 1.80. The molecule has 96 valence electrons. The van der Waals surface area contributed by atoms with Gasteiger partial charge in [0.25, 0.3) is 0 Å². The molecule has 0 aliphatic carbocycles. The highest BCUT2D eigenvalue weighted by molar-refractivity contribution is 9.10. The lowest BCUT2D eigenvalue weighted by Crippen LogP contribution is -2.38. The summed E-state index contributed by atoms with van der Waals surface area (Å²) in [6.07, 6.45) is 3.63. The molecule has 1 aromatic heterocycles. The third-order valence-corrected chi connectivity index (χ3v) is 3.66. The summed E-state index contributed by atoms with van der Waals surface area (Å²) in [4.78, 5) is 0. The fraction of sp³-hybridized carbons (Fsp3) is 0.308. The van der Waals surface area contributed by atoms with Gasteiger partial charge in [0.2, 0.25) is 0 Å². The van der Waals surface area contributed by atoms with Crippen molar-refractivity contribution in [1.82, 2.24) is 15.2 Å². The largest absolute Gasteiger partial charge is 0.276 e. The van der Waals surface area contributed by atoms with Crippen LogP contribution in [0.15, 0.2) is 41.0 Å². The van der Waals surface area contributed by atoms with Crippen LogP contribution in [0.25, 0.3) is 0 Å². The molecule has 0 aliphatic heterocycles. The van der Waals surface area contributed by atoms with E-state index in [1.807, 2.05) is 37.5 Å². The Bertz CT molecular complexity index is 509. The van der Waals surface area contributed by atoms with Crippen LogP contribution in [-0.4, -0.2) is 15.8 Å². The van der Waals surface area contributed by atoms with Crippen molar-refractivity contribution in [3.05, 3.63) is 52.3 Å². The molecule has 18 heavy (non-hydrogen) atoms. The molecule has 0 bridgehead atoms.